The van der Waals surface area contributed by atoms with Crippen LogP contribution in [0.2, 0.25) is 25.2 Å². The molecule has 0 atom stereocenters. The largest absolute Gasteiger partial charge is 0.500 e. The number of oxazole rings is 1. The maximum absolute atomic E-state index is 12.8. The van der Waals surface area contributed by atoms with Crippen LogP contribution in [0.3, 0.4) is 0 Å². The van der Waals surface area contributed by atoms with Crippen LogP contribution in [0.25, 0.3) is 66.7 Å². The van der Waals surface area contributed by atoms with Gasteiger partial charge in [-0.1, -0.05) is 114 Å². The van der Waals surface area contributed by atoms with Gasteiger partial charge in [-0.15, -0.1) is 48.0 Å². The molecule has 4 aromatic carbocycles. The topological polar surface area (TPSA) is 65.0 Å². The molecule has 0 unspecified atom stereocenters. The standard InChI is InChI=1S/C37H39N2O2Si.C15H15FN.Ir/c1-22-17-25(24-13-15-42(6,7)16-14-24)11-12-26(22)29-18-31(38-21-23(29)2)28-10-8-9-27-30-19-32-34(20-33(30)40-35(27)28)41-36(39-32)37(3,4)5;1-15(2,3)12-6-9-14(17-10-12)11-4-7-13(16)8-5-11;/h8-9,11-12,17-21,24H,13-16H2,1-7H3;4,6-10H,1-3H3;/q2*-1;/i1D3,2D3,12D,24D;;. The van der Waals surface area contributed by atoms with E-state index in [1.54, 1.807) is 24.3 Å². The van der Waals surface area contributed by atoms with Gasteiger partial charge in [0.1, 0.15) is 11.1 Å². The second-order valence-electron chi connectivity index (χ2n) is 18.4. The fraction of sp³-hybridized carbons (Fsp3) is 0.327. The molecule has 8 aromatic rings. The number of hydrogen-bond donors (Lipinski definition) is 0. The zero-order valence-electron chi connectivity index (χ0n) is 43.3. The molecule has 311 valence electrons. The smallest absolute Gasteiger partial charge is 0.200 e. The molecule has 0 saturated carbocycles. The molecular formula is C52H54FIrN3O2Si-2. The minimum absolute atomic E-state index is 0. The number of nitrogens with zero attached hydrogens (tertiary/aromatic N) is 3. The molecule has 0 aliphatic carbocycles. The van der Waals surface area contributed by atoms with Crippen molar-refractivity contribution >= 4 is 41.1 Å². The molecule has 0 N–H and O–H groups in total. The molecule has 5 heterocycles. The van der Waals surface area contributed by atoms with Gasteiger partial charge in [0.15, 0.2) is 5.58 Å². The first-order valence-electron chi connectivity index (χ1n) is 24.1. The number of aromatic nitrogens is 3. The summed E-state index contributed by atoms with van der Waals surface area (Å²) < 4.78 is 94.3. The zero-order valence-corrected chi connectivity index (χ0v) is 38.7. The Morgan fingerprint density at radius 2 is 1.57 bits per heavy atom. The van der Waals surface area contributed by atoms with Crippen molar-refractivity contribution in [3.8, 4) is 33.6 Å². The number of furan rings is 1. The van der Waals surface area contributed by atoms with Crippen LogP contribution in [-0.2, 0) is 30.9 Å². The third-order valence-corrected chi connectivity index (χ3v) is 14.5. The van der Waals surface area contributed by atoms with Gasteiger partial charge in [0, 0.05) is 72.9 Å². The van der Waals surface area contributed by atoms with Crippen LogP contribution in [0, 0.1) is 31.7 Å². The van der Waals surface area contributed by atoms with E-state index >= 15 is 0 Å². The van der Waals surface area contributed by atoms with Crippen molar-refractivity contribution in [1.82, 2.24) is 15.0 Å². The molecule has 0 spiro atoms. The summed E-state index contributed by atoms with van der Waals surface area (Å²) in [4.78, 5) is 13.6. The maximum atomic E-state index is 12.8. The van der Waals surface area contributed by atoms with Gasteiger partial charge in [0.25, 0.3) is 0 Å². The predicted octanol–water partition coefficient (Wildman–Crippen LogP) is 14.7. The van der Waals surface area contributed by atoms with E-state index in [2.05, 4.69) is 62.0 Å². The number of rotatable bonds is 4. The first kappa shape index (κ1) is 33.9. The normalized spacial score (nSPS) is 17.5. The summed E-state index contributed by atoms with van der Waals surface area (Å²) in [5, 5.41) is 1.58. The SMILES string of the molecule is CC(C)(C)c1ccc(-c2[c-]cc(F)cc2)nc1.[2H]c1cc(C2([2H])CC[Si](C)(C)CC2)cc(C([2H])([2H])[2H])c1-c1cc(-c2[c-]ccc3c2oc2cc4oc(C(C)(C)C)nc4cc23)ncc1C([2H])([2H])[2H].[Ir]. The van der Waals surface area contributed by atoms with Gasteiger partial charge in [0.2, 0.25) is 5.89 Å². The molecule has 1 saturated heterocycles. The van der Waals surface area contributed by atoms with Crippen molar-refractivity contribution in [3.05, 3.63) is 137 Å². The van der Waals surface area contributed by atoms with Crippen molar-refractivity contribution in [2.45, 2.75) is 110 Å². The average molecular weight is 1000 g/mol. The van der Waals surface area contributed by atoms with Crippen LogP contribution in [0.5, 0.6) is 0 Å². The van der Waals surface area contributed by atoms with Gasteiger partial charge in [-0.2, -0.15) is 0 Å². The number of halogens is 1. The molecule has 9 rings (SSSR count). The molecule has 60 heavy (non-hydrogen) atoms. The van der Waals surface area contributed by atoms with Gasteiger partial charge in [0.05, 0.1) is 6.95 Å². The summed E-state index contributed by atoms with van der Waals surface area (Å²) in [5.74, 6) is -0.672. The Hall–Kier alpha value is -4.75. The van der Waals surface area contributed by atoms with E-state index in [9.17, 15) is 7.13 Å². The summed E-state index contributed by atoms with van der Waals surface area (Å²) in [6.07, 6.45) is 4.30. The van der Waals surface area contributed by atoms with Gasteiger partial charge < -0.3 is 18.8 Å². The summed E-state index contributed by atoms with van der Waals surface area (Å²) in [6, 6.07) is 28.2. The van der Waals surface area contributed by atoms with E-state index in [1.165, 1.54) is 36.0 Å². The van der Waals surface area contributed by atoms with Gasteiger partial charge in [-0.25, -0.2) is 4.98 Å². The Labute approximate surface area is 379 Å². The van der Waals surface area contributed by atoms with Crippen molar-refractivity contribution in [1.29, 1.82) is 0 Å². The van der Waals surface area contributed by atoms with E-state index < -0.39 is 27.7 Å². The van der Waals surface area contributed by atoms with E-state index in [4.69, 9.17) is 22.0 Å². The van der Waals surface area contributed by atoms with Crippen LogP contribution in [-0.4, -0.2) is 23.0 Å². The minimum atomic E-state index is -2.68. The number of fused-ring (bicyclic) bond motifs is 4. The molecule has 1 radical (unpaired) electrons. The number of pyridine rings is 2. The van der Waals surface area contributed by atoms with Crippen LogP contribution in [0.1, 0.15) is 99.4 Å². The van der Waals surface area contributed by atoms with Crippen LogP contribution >= 0.6 is 0 Å². The summed E-state index contributed by atoms with van der Waals surface area (Å²) in [7, 11) is -1.42. The second-order valence-corrected chi connectivity index (χ2v) is 23.8. The molecule has 4 aromatic heterocycles. The Morgan fingerprint density at radius 1 is 0.800 bits per heavy atom. The first-order chi connectivity index (χ1) is 31.1. The first-order valence-corrected chi connectivity index (χ1v) is 23.5. The van der Waals surface area contributed by atoms with Crippen LogP contribution in [0.4, 0.5) is 4.39 Å². The molecule has 1 aliphatic heterocycles. The van der Waals surface area contributed by atoms with Crippen molar-refractivity contribution in [2.24, 2.45) is 0 Å². The maximum Gasteiger partial charge on any atom is 0.200 e. The minimum Gasteiger partial charge on any atom is -0.500 e. The summed E-state index contributed by atoms with van der Waals surface area (Å²) >= 11 is 0. The number of hydrogen-bond acceptors (Lipinski definition) is 5. The van der Waals surface area contributed by atoms with Gasteiger partial charge in [-0.3, -0.25) is 4.39 Å². The van der Waals surface area contributed by atoms with Gasteiger partial charge >= 0.3 is 0 Å². The fourth-order valence-electron chi connectivity index (χ4n) is 7.48. The van der Waals surface area contributed by atoms with Crippen LogP contribution < -0.4 is 0 Å². The van der Waals surface area contributed by atoms with Gasteiger partial charge in [-0.05, 0) is 88.7 Å². The molecular weight excluding hydrogens is 938 g/mol. The van der Waals surface area contributed by atoms with Crippen LogP contribution in [0.15, 0.2) is 100 Å². The molecule has 1 fully saturated rings. The number of aryl methyl sites for hydroxylation is 2. The fourth-order valence-corrected chi connectivity index (χ4v) is 9.68. The predicted molar refractivity (Wildman–Crippen MR) is 243 cm³/mol. The average Bonchev–Trinajstić information content (AvgIpc) is 3.84. The molecule has 0 bridgehead atoms. The monoisotopic (exact) mass is 1000 g/mol. The summed E-state index contributed by atoms with van der Waals surface area (Å²) in [5.41, 5.74) is 5.95. The van der Waals surface area contributed by atoms with Crippen molar-refractivity contribution in [3.63, 3.8) is 0 Å². The van der Waals surface area contributed by atoms with Crippen molar-refractivity contribution in [2.75, 3.05) is 0 Å². The number of benzene rings is 4. The van der Waals surface area contributed by atoms with Crippen molar-refractivity contribution < 1.29 is 44.3 Å². The second kappa shape index (κ2) is 16.6. The van der Waals surface area contributed by atoms with E-state index in [-0.39, 0.29) is 65.0 Å². The molecule has 1 aliphatic rings. The quantitative estimate of drug-likeness (QED) is 0.130. The Bertz CT molecular complexity index is 3140. The summed E-state index contributed by atoms with van der Waals surface area (Å²) in [6.45, 7) is 11.8. The Balaban J connectivity index is 0.000000320. The third-order valence-electron chi connectivity index (χ3n) is 11.2. The molecule has 5 nitrogen and oxygen atoms in total. The van der Waals surface area contributed by atoms with E-state index in [0.29, 0.717) is 57.8 Å². The Morgan fingerprint density at radius 3 is 2.23 bits per heavy atom. The van der Waals surface area contributed by atoms with E-state index in [1.807, 2.05) is 45.2 Å². The molecule has 0 amide bonds. The Kier molecular flexibility index (Phi) is 9.38. The van der Waals surface area contributed by atoms with E-state index in [0.717, 1.165) is 34.1 Å². The molecule has 8 heteroatoms. The third kappa shape index (κ3) is 8.98. The zero-order chi connectivity index (χ0) is 48.6.